The molecule has 0 aromatic carbocycles. The summed E-state index contributed by atoms with van der Waals surface area (Å²) in [5, 5.41) is 0. The highest BCUT2D eigenvalue weighted by molar-refractivity contribution is 5.66. The highest BCUT2D eigenvalue weighted by Crippen LogP contribution is 2.52. The van der Waals surface area contributed by atoms with Crippen LogP contribution >= 0.6 is 0 Å². The Kier molecular flexibility index (Phi) is 3.10. The zero-order valence-electron chi connectivity index (χ0n) is 14.7. The summed E-state index contributed by atoms with van der Waals surface area (Å²) in [4.78, 5) is 0. The maximum absolute atomic E-state index is 4.22. The van der Waals surface area contributed by atoms with Gasteiger partial charge in [-0.15, -0.1) is 0 Å². The summed E-state index contributed by atoms with van der Waals surface area (Å²) < 4.78 is 0. The molecular formula is C23H26. The van der Waals surface area contributed by atoms with Crippen molar-refractivity contribution in [3.63, 3.8) is 0 Å². The molecule has 0 aromatic rings. The van der Waals surface area contributed by atoms with E-state index in [1.165, 1.54) is 27.9 Å². The molecule has 0 nitrogen and oxygen atoms in total. The van der Waals surface area contributed by atoms with E-state index in [1.54, 1.807) is 11.1 Å². The minimum absolute atomic E-state index is 0.208. The Labute approximate surface area is 140 Å². The lowest BCUT2D eigenvalue weighted by Gasteiger charge is -2.42. The number of allylic oxidation sites excluding steroid dienone is 13. The summed E-state index contributed by atoms with van der Waals surface area (Å²) in [6, 6.07) is 0. The molecule has 0 amide bonds. The van der Waals surface area contributed by atoms with E-state index in [2.05, 4.69) is 70.7 Å². The Morgan fingerprint density at radius 1 is 1.13 bits per heavy atom. The first-order valence-corrected chi connectivity index (χ1v) is 8.79. The van der Waals surface area contributed by atoms with Gasteiger partial charge in [-0.2, -0.15) is 0 Å². The quantitative estimate of drug-likeness (QED) is 0.538. The lowest BCUT2D eigenvalue weighted by atomic mass is 9.62. The molecule has 0 N–H and O–H groups in total. The van der Waals surface area contributed by atoms with Crippen LogP contribution in [0, 0.1) is 17.3 Å². The molecule has 0 radical (unpaired) electrons. The van der Waals surface area contributed by atoms with Crippen molar-refractivity contribution >= 4 is 0 Å². The number of hydrogen-bond donors (Lipinski definition) is 0. The molecule has 4 rings (SSSR count). The Bertz CT molecular complexity index is 778. The molecule has 2 unspecified atom stereocenters. The van der Waals surface area contributed by atoms with E-state index in [9.17, 15) is 0 Å². The second-order valence-electron chi connectivity index (χ2n) is 8.38. The van der Waals surface area contributed by atoms with Gasteiger partial charge in [0.1, 0.15) is 0 Å². The molecule has 2 atom stereocenters. The fourth-order valence-corrected chi connectivity index (χ4v) is 4.43. The van der Waals surface area contributed by atoms with Crippen LogP contribution in [0.4, 0.5) is 0 Å². The summed E-state index contributed by atoms with van der Waals surface area (Å²) in [7, 11) is 0. The van der Waals surface area contributed by atoms with Crippen LogP contribution in [0.15, 0.2) is 82.0 Å². The van der Waals surface area contributed by atoms with Crippen LogP contribution in [0.5, 0.6) is 0 Å². The van der Waals surface area contributed by atoms with Gasteiger partial charge >= 0.3 is 0 Å². The van der Waals surface area contributed by atoms with Crippen molar-refractivity contribution in [1.82, 2.24) is 0 Å². The third kappa shape index (κ3) is 2.19. The molecular weight excluding hydrogens is 276 g/mol. The van der Waals surface area contributed by atoms with E-state index >= 15 is 0 Å². The molecule has 23 heavy (non-hydrogen) atoms. The van der Waals surface area contributed by atoms with E-state index < -0.39 is 0 Å². The molecule has 0 heterocycles. The minimum atomic E-state index is 0.208. The van der Waals surface area contributed by atoms with Gasteiger partial charge in [-0.05, 0) is 58.6 Å². The molecule has 0 saturated carbocycles. The minimum Gasteiger partial charge on any atom is -0.0958 e. The van der Waals surface area contributed by atoms with Crippen molar-refractivity contribution in [2.45, 2.75) is 40.5 Å². The van der Waals surface area contributed by atoms with Crippen LogP contribution in [-0.2, 0) is 0 Å². The largest absolute Gasteiger partial charge is 0.0958 e. The highest BCUT2D eigenvalue weighted by atomic mass is 14.4. The van der Waals surface area contributed by atoms with Crippen molar-refractivity contribution < 1.29 is 0 Å². The van der Waals surface area contributed by atoms with Crippen LogP contribution in [0.25, 0.3) is 0 Å². The van der Waals surface area contributed by atoms with Crippen LogP contribution < -0.4 is 0 Å². The Morgan fingerprint density at radius 2 is 1.91 bits per heavy atom. The maximum atomic E-state index is 4.22. The fraction of sp³-hybridized carbons (Fsp3) is 0.391. The second kappa shape index (κ2) is 4.84. The zero-order valence-corrected chi connectivity index (χ0v) is 14.7. The van der Waals surface area contributed by atoms with Crippen molar-refractivity contribution in [1.29, 1.82) is 0 Å². The van der Waals surface area contributed by atoms with E-state index in [4.69, 9.17) is 0 Å². The summed E-state index contributed by atoms with van der Waals surface area (Å²) >= 11 is 0. The van der Waals surface area contributed by atoms with E-state index in [0.717, 1.165) is 12.8 Å². The highest BCUT2D eigenvalue weighted by Gasteiger charge is 2.38. The number of rotatable bonds is 1. The second-order valence-corrected chi connectivity index (χ2v) is 8.38. The van der Waals surface area contributed by atoms with Gasteiger partial charge in [-0.25, -0.2) is 0 Å². The topological polar surface area (TPSA) is 0 Å². The maximum Gasteiger partial charge on any atom is 0.0196 e. The Balaban J connectivity index is 1.91. The van der Waals surface area contributed by atoms with Crippen molar-refractivity contribution in [2.24, 2.45) is 17.3 Å². The lowest BCUT2D eigenvalue weighted by Crippen LogP contribution is -2.29. The summed E-state index contributed by atoms with van der Waals surface area (Å²) in [6.45, 7) is 13.3. The average molecular weight is 302 g/mol. The third-order valence-corrected chi connectivity index (χ3v) is 5.70. The number of hydrogen-bond acceptors (Lipinski definition) is 0. The Hall–Kier alpha value is -1.82. The van der Waals surface area contributed by atoms with Gasteiger partial charge in [0, 0.05) is 11.8 Å². The average Bonchev–Trinajstić information content (AvgIpc) is 2.50. The first-order valence-electron chi connectivity index (χ1n) is 8.79. The normalized spacial score (nSPS) is 28.5. The van der Waals surface area contributed by atoms with E-state index in [1.807, 2.05) is 0 Å². The van der Waals surface area contributed by atoms with Gasteiger partial charge in [0.05, 0.1) is 0 Å². The summed E-state index contributed by atoms with van der Waals surface area (Å²) in [5.41, 5.74) is 10.5. The monoisotopic (exact) mass is 302 g/mol. The molecule has 4 aliphatic carbocycles. The standard InChI is InChI=1S/C23H26/c1-14(2)19-10-8-15-6-7-16-12-18(23(3,4)5)13-17-9-11-20(19)22(15)21(16)17/h6-7,9,11-13,16,21H,1,8,10H2,2-5H3. The van der Waals surface area contributed by atoms with Gasteiger partial charge in [-0.1, -0.05) is 69.4 Å². The van der Waals surface area contributed by atoms with E-state index in [-0.39, 0.29) is 5.41 Å². The molecule has 0 spiro atoms. The SMILES string of the molecule is C=C(C)C1=C2C=CC3=CC(C(C)(C)C)=CC4C=CC(=C2C34)CC1. The lowest BCUT2D eigenvalue weighted by molar-refractivity contribution is 0.489. The molecule has 4 aliphatic rings. The van der Waals surface area contributed by atoms with Crippen molar-refractivity contribution in [3.05, 3.63) is 82.0 Å². The van der Waals surface area contributed by atoms with Gasteiger partial charge in [-0.3, -0.25) is 0 Å². The molecule has 0 heteroatoms. The molecule has 0 saturated heterocycles. The molecule has 0 aromatic heterocycles. The van der Waals surface area contributed by atoms with Crippen LogP contribution in [0.2, 0.25) is 0 Å². The van der Waals surface area contributed by atoms with Gasteiger partial charge in [0.2, 0.25) is 0 Å². The first kappa shape index (κ1) is 14.8. The first-order chi connectivity index (χ1) is 10.9. The van der Waals surface area contributed by atoms with Crippen LogP contribution in [0.1, 0.15) is 40.5 Å². The molecule has 118 valence electrons. The molecule has 0 fully saturated rings. The fourth-order valence-electron chi connectivity index (χ4n) is 4.43. The predicted molar refractivity (Wildman–Crippen MR) is 99.0 cm³/mol. The Morgan fingerprint density at radius 3 is 2.61 bits per heavy atom. The van der Waals surface area contributed by atoms with Gasteiger partial charge in [0.25, 0.3) is 0 Å². The molecule has 0 bridgehead atoms. The summed E-state index contributed by atoms with van der Waals surface area (Å²) in [5.74, 6) is 1.03. The smallest absolute Gasteiger partial charge is 0.0196 e. The third-order valence-electron chi connectivity index (χ3n) is 5.70. The summed E-state index contributed by atoms with van der Waals surface area (Å²) in [6.07, 6.45) is 16.8. The zero-order chi connectivity index (χ0) is 16.4. The predicted octanol–water partition coefficient (Wildman–Crippen LogP) is 6.23. The molecule has 0 aliphatic heterocycles. The van der Waals surface area contributed by atoms with Crippen LogP contribution in [-0.4, -0.2) is 0 Å². The van der Waals surface area contributed by atoms with Gasteiger partial charge in [0.15, 0.2) is 0 Å². The van der Waals surface area contributed by atoms with E-state index in [0.29, 0.717) is 11.8 Å². The van der Waals surface area contributed by atoms with Gasteiger partial charge < -0.3 is 0 Å². The van der Waals surface area contributed by atoms with Crippen molar-refractivity contribution in [2.75, 3.05) is 0 Å². The van der Waals surface area contributed by atoms with Crippen molar-refractivity contribution in [3.8, 4) is 0 Å². The van der Waals surface area contributed by atoms with Crippen LogP contribution in [0.3, 0.4) is 0 Å².